The van der Waals surface area contributed by atoms with E-state index in [9.17, 15) is 37.0 Å². The van der Waals surface area contributed by atoms with Gasteiger partial charge in [0.1, 0.15) is 6.10 Å². The number of rotatable bonds is 2. The molecule has 1 saturated heterocycles. The molecule has 0 aliphatic carbocycles. The summed E-state index contributed by atoms with van der Waals surface area (Å²) in [4.78, 5) is 11.2. The van der Waals surface area contributed by atoms with Crippen LogP contribution < -0.4 is 0 Å². The highest BCUT2D eigenvalue weighted by molar-refractivity contribution is 5.86. The number of ketones is 1. The molecule has 0 radical (unpaired) electrons. The zero-order valence-electron chi connectivity index (χ0n) is 10.9. The first-order valence-corrected chi connectivity index (χ1v) is 5.78. The van der Waals surface area contributed by atoms with Crippen LogP contribution in [-0.2, 0) is 9.53 Å². The molecule has 0 amide bonds. The van der Waals surface area contributed by atoms with Crippen molar-refractivity contribution >= 4 is 5.78 Å². The molecule has 4 unspecified atom stereocenters. The third kappa shape index (κ3) is 2.42. The number of hydrogen-bond acceptors (Lipinski definition) is 4. The molecule has 2 N–H and O–H groups in total. The molecule has 0 bridgehead atoms. The van der Waals surface area contributed by atoms with Gasteiger partial charge in [0.15, 0.2) is 23.6 Å². The van der Waals surface area contributed by atoms with Gasteiger partial charge in [0.05, 0.1) is 0 Å². The highest BCUT2D eigenvalue weighted by atomic mass is 19.4. The van der Waals surface area contributed by atoms with Gasteiger partial charge in [0.25, 0.3) is 0 Å². The molecule has 1 fully saturated rings. The van der Waals surface area contributed by atoms with E-state index in [4.69, 9.17) is 0 Å². The number of carbonyl (C=O) groups excluding carboxylic acids is 1. The van der Waals surface area contributed by atoms with Crippen LogP contribution in [0, 0.1) is 5.92 Å². The first-order chi connectivity index (χ1) is 8.77. The Morgan fingerprint density at radius 2 is 1.75 bits per heavy atom. The van der Waals surface area contributed by atoms with Gasteiger partial charge in [-0.1, -0.05) is 13.8 Å². The molecule has 1 rings (SSSR count). The molecule has 0 aromatic carbocycles. The van der Waals surface area contributed by atoms with E-state index in [2.05, 4.69) is 4.74 Å². The van der Waals surface area contributed by atoms with E-state index < -0.39 is 47.7 Å². The van der Waals surface area contributed by atoms with Crippen molar-refractivity contribution in [3.8, 4) is 0 Å². The van der Waals surface area contributed by atoms with Gasteiger partial charge in [0.2, 0.25) is 0 Å². The highest BCUT2D eigenvalue weighted by Crippen LogP contribution is 2.47. The second kappa shape index (κ2) is 4.88. The van der Waals surface area contributed by atoms with Crippen LogP contribution in [0.4, 0.5) is 22.0 Å². The maximum absolute atomic E-state index is 13.9. The van der Waals surface area contributed by atoms with Crippen LogP contribution in [0.15, 0.2) is 0 Å². The van der Waals surface area contributed by atoms with Crippen LogP contribution in [-0.4, -0.2) is 52.0 Å². The summed E-state index contributed by atoms with van der Waals surface area (Å²) in [6.07, 6.45) is -14.0. The lowest BCUT2D eigenvalue weighted by Gasteiger charge is -2.49. The number of hydrogen-bond donors (Lipinski definition) is 2. The standard InChI is InChI=1S/C11H15F5O4/c1-4(2)6-10(12,13)7(18)9(19,5(3)17)8(20-6)11(14,15)16/h4,6-8,18-19H,1-3H3. The van der Waals surface area contributed by atoms with Crippen LogP contribution in [0.5, 0.6) is 0 Å². The van der Waals surface area contributed by atoms with Gasteiger partial charge in [-0.05, 0) is 12.8 Å². The van der Waals surface area contributed by atoms with Crippen molar-refractivity contribution in [2.24, 2.45) is 5.92 Å². The van der Waals surface area contributed by atoms with Crippen molar-refractivity contribution in [2.75, 3.05) is 0 Å². The molecule has 0 aromatic heterocycles. The van der Waals surface area contributed by atoms with Crippen molar-refractivity contribution < 1.29 is 41.7 Å². The first kappa shape index (κ1) is 17.3. The third-order valence-electron chi connectivity index (χ3n) is 3.31. The van der Waals surface area contributed by atoms with Crippen LogP contribution in [0.2, 0.25) is 0 Å². The molecule has 20 heavy (non-hydrogen) atoms. The predicted octanol–water partition coefficient (Wildman–Crippen LogP) is 1.29. The number of ether oxygens (including phenoxy) is 1. The average molecular weight is 306 g/mol. The molecule has 1 heterocycles. The monoisotopic (exact) mass is 306 g/mol. The molecule has 4 atom stereocenters. The molecule has 1 aliphatic heterocycles. The summed E-state index contributed by atoms with van der Waals surface area (Å²) < 4.78 is 70.6. The zero-order chi connectivity index (χ0) is 16.1. The smallest absolute Gasteiger partial charge is 0.383 e. The fourth-order valence-electron chi connectivity index (χ4n) is 2.24. The summed E-state index contributed by atoms with van der Waals surface area (Å²) in [6, 6.07) is 0. The Hall–Kier alpha value is -0.800. The zero-order valence-corrected chi connectivity index (χ0v) is 10.9. The van der Waals surface area contributed by atoms with Crippen molar-refractivity contribution in [3.05, 3.63) is 0 Å². The predicted molar refractivity (Wildman–Crippen MR) is 56.1 cm³/mol. The van der Waals surface area contributed by atoms with E-state index in [1.807, 2.05) is 0 Å². The lowest BCUT2D eigenvalue weighted by atomic mass is 9.76. The number of alkyl halides is 5. The van der Waals surface area contributed by atoms with Crippen molar-refractivity contribution in [3.63, 3.8) is 0 Å². The number of halogens is 5. The lowest BCUT2D eigenvalue weighted by Crippen LogP contribution is -2.75. The largest absolute Gasteiger partial charge is 0.418 e. The second-order valence-corrected chi connectivity index (χ2v) is 5.18. The second-order valence-electron chi connectivity index (χ2n) is 5.18. The van der Waals surface area contributed by atoms with Crippen LogP contribution in [0.25, 0.3) is 0 Å². The fraction of sp³-hybridized carbons (Fsp3) is 0.909. The van der Waals surface area contributed by atoms with Crippen LogP contribution in [0.3, 0.4) is 0 Å². The van der Waals surface area contributed by atoms with Gasteiger partial charge in [-0.15, -0.1) is 0 Å². The number of aliphatic hydroxyl groups is 2. The SMILES string of the molecule is CC(=O)C1(O)C(C(F)(F)F)OC(C(C)C)C(F)(F)C1O. The van der Waals surface area contributed by atoms with E-state index >= 15 is 0 Å². The Morgan fingerprint density at radius 1 is 1.30 bits per heavy atom. The van der Waals surface area contributed by atoms with Gasteiger partial charge in [-0.3, -0.25) is 4.79 Å². The van der Waals surface area contributed by atoms with Gasteiger partial charge < -0.3 is 14.9 Å². The Morgan fingerprint density at radius 3 is 2.05 bits per heavy atom. The molecule has 118 valence electrons. The summed E-state index contributed by atoms with van der Waals surface area (Å²) in [5, 5.41) is 19.2. The van der Waals surface area contributed by atoms with Crippen LogP contribution in [0.1, 0.15) is 20.8 Å². The minimum absolute atomic E-state index is 0.483. The summed E-state index contributed by atoms with van der Waals surface area (Å²) in [5.41, 5.74) is -3.74. The lowest BCUT2D eigenvalue weighted by molar-refractivity contribution is -0.371. The number of Topliss-reactive ketones (excluding diaryl/α,β-unsaturated/α-hetero) is 1. The van der Waals surface area contributed by atoms with Crippen molar-refractivity contribution in [2.45, 2.75) is 56.8 Å². The van der Waals surface area contributed by atoms with E-state index in [-0.39, 0.29) is 0 Å². The Kier molecular flexibility index (Phi) is 4.21. The Labute approximate surface area is 111 Å². The third-order valence-corrected chi connectivity index (χ3v) is 3.31. The number of carbonyl (C=O) groups is 1. The summed E-state index contributed by atoms with van der Waals surface area (Å²) >= 11 is 0. The van der Waals surface area contributed by atoms with Gasteiger partial charge in [-0.2, -0.15) is 13.2 Å². The molecule has 9 heteroatoms. The van der Waals surface area contributed by atoms with E-state index in [1.165, 1.54) is 13.8 Å². The van der Waals surface area contributed by atoms with Gasteiger partial charge >= 0.3 is 12.1 Å². The fourth-order valence-corrected chi connectivity index (χ4v) is 2.24. The van der Waals surface area contributed by atoms with E-state index in [1.54, 1.807) is 0 Å². The van der Waals surface area contributed by atoms with Crippen LogP contribution >= 0.6 is 0 Å². The summed E-state index contributed by atoms with van der Waals surface area (Å²) in [7, 11) is 0. The molecule has 1 aliphatic rings. The molecule has 0 aromatic rings. The number of aliphatic hydroxyl groups excluding tert-OH is 1. The summed E-state index contributed by atoms with van der Waals surface area (Å²) in [6.45, 7) is 2.84. The molecule has 4 nitrogen and oxygen atoms in total. The maximum Gasteiger partial charge on any atom is 0.418 e. The molecular formula is C11H15F5O4. The minimum atomic E-state index is -5.29. The average Bonchev–Trinajstić information content (AvgIpc) is 2.23. The normalized spacial score (nSPS) is 38.0. The minimum Gasteiger partial charge on any atom is -0.383 e. The molecule has 0 spiro atoms. The van der Waals surface area contributed by atoms with Gasteiger partial charge in [0, 0.05) is 0 Å². The van der Waals surface area contributed by atoms with Crippen molar-refractivity contribution in [1.29, 1.82) is 0 Å². The Balaban J connectivity index is 3.41. The summed E-state index contributed by atoms with van der Waals surface area (Å²) in [5.74, 6) is -6.91. The van der Waals surface area contributed by atoms with Crippen molar-refractivity contribution in [1.82, 2.24) is 0 Å². The van der Waals surface area contributed by atoms with E-state index in [0.29, 0.717) is 6.92 Å². The van der Waals surface area contributed by atoms with Gasteiger partial charge in [-0.25, -0.2) is 8.78 Å². The Bertz CT molecular complexity index is 395. The van der Waals surface area contributed by atoms with E-state index in [0.717, 1.165) is 0 Å². The first-order valence-electron chi connectivity index (χ1n) is 5.78. The maximum atomic E-state index is 13.9. The topological polar surface area (TPSA) is 66.8 Å². The molecular weight excluding hydrogens is 291 g/mol. The highest BCUT2D eigenvalue weighted by Gasteiger charge is 2.72. The quantitative estimate of drug-likeness (QED) is 0.755. The molecule has 0 saturated carbocycles.